The van der Waals surface area contributed by atoms with Crippen LogP contribution in [-0.4, -0.2) is 27.5 Å². The van der Waals surface area contributed by atoms with Crippen molar-refractivity contribution in [2.24, 2.45) is 0 Å². The van der Waals surface area contributed by atoms with Gasteiger partial charge in [-0.25, -0.2) is 0 Å². The highest BCUT2D eigenvalue weighted by molar-refractivity contribution is 6.30. The molecule has 0 unspecified atom stereocenters. The summed E-state index contributed by atoms with van der Waals surface area (Å²) in [6, 6.07) is 7.61. The Hall–Kier alpha value is -2.01. The molecule has 1 aromatic heterocycles. The van der Waals surface area contributed by atoms with E-state index in [0.717, 1.165) is 29.7 Å². The number of aromatic amines is 1. The van der Waals surface area contributed by atoms with Gasteiger partial charge in [-0.3, -0.25) is 9.89 Å². The van der Waals surface area contributed by atoms with Crippen molar-refractivity contribution in [2.75, 3.05) is 12.3 Å². The zero-order valence-electron chi connectivity index (χ0n) is 11.6. The van der Waals surface area contributed by atoms with Crippen LogP contribution in [0.5, 0.6) is 0 Å². The van der Waals surface area contributed by atoms with Gasteiger partial charge in [-0.15, -0.1) is 0 Å². The fourth-order valence-electron chi connectivity index (χ4n) is 2.62. The zero-order valence-corrected chi connectivity index (χ0v) is 12.4. The lowest BCUT2D eigenvalue weighted by molar-refractivity contribution is -0.132. The molecule has 3 N–H and O–H groups in total. The van der Waals surface area contributed by atoms with Gasteiger partial charge in [-0.05, 0) is 30.5 Å². The van der Waals surface area contributed by atoms with E-state index in [9.17, 15) is 4.79 Å². The van der Waals surface area contributed by atoms with E-state index < -0.39 is 0 Å². The van der Waals surface area contributed by atoms with E-state index >= 15 is 0 Å². The molecule has 0 saturated carbocycles. The molecule has 0 spiro atoms. The number of fused-ring (bicyclic) bond motifs is 1. The van der Waals surface area contributed by atoms with Gasteiger partial charge in [0.15, 0.2) is 0 Å². The number of carbonyl (C=O) groups is 1. The number of aromatic nitrogens is 2. The van der Waals surface area contributed by atoms with Crippen molar-refractivity contribution in [2.45, 2.75) is 25.8 Å². The van der Waals surface area contributed by atoms with Crippen LogP contribution >= 0.6 is 11.6 Å². The molecule has 1 aliphatic heterocycles. The zero-order chi connectivity index (χ0) is 14.8. The third kappa shape index (κ3) is 3.03. The molecule has 3 rings (SSSR count). The summed E-state index contributed by atoms with van der Waals surface area (Å²) in [5.41, 5.74) is 8.90. The molecule has 21 heavy (non-hydrogen) atoms. The summed E-state index contributed by atoms with van der Waals surface area (Å²) in [6.45, 7) is 1.27. The van der Waals surface area contributed by atoms with Gasteiger partial charge in [-0.1, -0.05) is 23.7 Å². The lowest BCUT2D eigenvalue weighted by Gasteiger charge is -2.26. The minimum absolute atomic E-state index is 0.156. The van der Waals surface area contributed by atoms with Gasteiger partial charge in [0.25, 0.3) is 0 Å². The van der Waals surface area contributed by atoms with Gasteiger partial charge < -0.3 is 10.6 Å². The number of nitrogen functional groups attached to an aromatic ring is 1. The number of aryl methyl sites for hydroxylation is 1. The summed E-state index contributed by atoms with van der Waals surface area (Å²) >= 11 is 5.85. The van der Waals surface area contributed by atoms with Crippen molar-refractivity contribution in [3.63, 3.8) is 0 Å². The molecule has 0 bridgehead atoms. The van der Waals surface area contributed by atoms with Crippen LogP contribution in [0.25, 0.3) is 0 Å². The van der Waals surface area contributed by atoms with Crippen molar-refractivity contribution in [3.8, 4) is 0 Å². The molecule has 6 heteroatoms. The molecular formula is C15H17ClN4O. The molecule has 0 saturated heterocycles. The van der Waals surface area contributed by atoms with Crippen LogP contribution in [0.2, 0.25) is 5.02 Å². The fourth-order valence-corrected chi connectivity index (χ4v) is 2.74. The standard InChI is InChI=1S/C15H17ClN4O/c16-11-4-1-10(2-5-11)3-6-14(21)20-8-7-12-13(9-20)18-19-15(12)17/h1-2,4-5H,3,6-9H2,(H3,17,18,19). The minimum atomic E-state index is 0.156. The van der Waals surface area contributed by atoms with E-state index in [-0.39, 0.29) is 5.91 Å². The molecule has 0 fully saturated rings. The van der Waals surface area contributed by atoms with Crippen LogP contribution in [0, 0.1) is 0 Å². The fraction of sp³-hybridized carbons (Fsp3) is 0.333. The molecule has 2 aromatic rings. The smallest absolute Gasteiger partial charge is 0.223 e. The number of anilines is 1. The number of nitrogens with two attached hydrogens (primary N) is 1. The average Bonchev–Trinajstić information content (AvgIpc) is 2.87. The van der Waals surface area contributed by atoms with E-state index in [4.69, 9.17) is 17.3 Å². The second-order valence-corrected chi connectivity index (χ2v) is 5.69. The van der Waals surface area contributed by atoms with Crippen LogP contribution in [0.15, 0.2) is 24.3 Å². The number of halogens is 1. The number of H-pyrrole nitrogens is 1. The Morgan fingerprint density at radius 1 is 1.38 bits per heavy atom. The number of benzene rings is 1. The van der Waals surface area contributed by atoms with E-state index in [1.807, 2.05) is 29.2 Å². The Labute approximate surface area is 128 Å². The van der Waals surface area contributed by atoms with Crippen molar-refractivity contribution in [1.82, 2.24) is 15.1 Å². The highest BCUT2D eigenvalue weighted by Gasteiger charge is 2.23. The maximum absolute atomic E-state index is 12.3. The molecule has 1 aromatic carbocycles. The highest BCUT2D eigenvalue weighted by atomic mass is 35.5. The molecule has 110 valence electrons. The number of hydrogen-bond acceptors (Lipinski definition) is 3. The molecule has 5 nitrogen and oxygen atoms in total. The van der Waals surface area contributed by atoms with Gasteiger partial charge in [0.1, 0.15) is 5.82 Å². The Morgan fingerprint density at radius 2 is 2.14 bits per heavy atom. The van der Waals surface area contributed by atoms with Gasteiger partial charge in [-0.2, -0.15) is 5.10 Å². The number of carbonyl (C=O) groups excluding carboxylic acids is 1. The normalized spacial score (nSPS) is 14.0. The molecular weight excluding hydrogens is 288 g/mol. The first-order valence-corrected chi connectivity index (χ1v) is 7.35. The van der Waals surface area contributed by atoms with Crippen molar-refractivity contribution >= 4 is 23.3 Å². The summed E-state index contributed by atoms with van der Waals surface area (Å²) in [7, 11) is 0. The second-order valence-electron chi connectivity index (χ2n) is 5.26. The monoisotopic (exact) mass is 304 g/mol. The predicted molar refractivity (Wildman–Crippen MR) is 81.9 cm³/mol. The lowest BCUT2D eigenvalue weighted by Crippen LogP contribution is -2.36. The minimum Gasteiger partial charge on any atom is -0.382 e. The Kier molecular flexibility index (Phi) is 3.84. The summed E-state index contributed by atoms with van der Waals surface area (Å²) in [5, 5.41) is 7.62. The van der Waals surface area contributed by atoms with Crippen molar-refractivity contribution < 1.29 is 4.79 Å². The van der Waals surface area contributed by atoms with Crippen molar-refractivity contribution in [3.05, 3.63) is 46.1 Å². The topological polar surface area (TPSA) is 75.0 Å². The van der Waals surface area contributed by atoms with E-state index in [0.29, 0.717) is 30.4 Å². The van der Waals surface area contributed by atoms with Crippen LogP contribution in [0.1, 0.15) is 23.2 Å². The Balaban J connectivity index is 1.58. The largest absolute Gasteiger partial charge is 0.382 e. The molecule has 0 atom stereocenters. The van der Waals surface area contributed by atoms with Crippen LogP contribution in [-0.2, 0) is 24.2 Å². The number of nitrogens with one attached hydrogen (secondary N) is 1. The first kappa shape index (κ1) is 13.9. The van der Waals surface area contributed by atoms with Gasteiger partial charge >= 0.3 is 0 Å². The molecule has 1 amide bonds. The van der Waals surface area contributed by atoms with E-state index in [2.05, 4.69) is 10.2 Å². The number of hydrogen-bond donors (Lipinski definition) is 2. The van der Waals surface area contributed by atoms with Gasteiger partial charge in [0.2, 0.25) is 5.91 Å². The summed E-state index contributed by atoms with van der Waals surface area (Å²) in [5.74, 6) is 0.710. The summed E-state index contributed by atoms with van der Waals surface area (Å²) < 4.78 is 0. The van der Waals surface area contributed by atoms with Gasteiger partial charge in [0, 0.05) is 23.6 Å². The third-order valence-corrected chi connectivity index (χ3v) is 4.11. The molecule has 1 aliphatic rings. The number of nitrogens with zero attached hydrogens (tertiary/aromatic N) is 2. The number of amides is 1. The van der Waals surface area contributed by atoms with E-state index in [1.54, 1.807) is 0 Å². The van der Waals surface area contributed by atoms with Crippen molar-refractivity contribution in [1.29, 1.82) is 0 Å². The Bertz CT molecular complexity index is 650. The first-order valence-electron chi connectivity index (χ1n) is 6.97. The molecule has 0 aliphatic carbocycles. The SMILES string of the molecule is Nc1n[nH]c2c1CCN(C(=O)CCc1ccc(Cl)cc1)C2. The third-order valence-electron chi connectivity index (χ3n) is 3.86. The van der Waals surface area contributed by atoms with Crippen LogP contribution < -0.4 is 5.73 Å². The van der Waals surface area contributed by atoms with Crippen LogP contribution in [0.4, 0.5) is 5.82 Å². The average molecular weight is 305 g/mol. The van der Waals surface area contributed by atoms with Gasteiger partial charge in [0.05, 0.1) is 12.2 Å². The predicted octanol–water partition coefficient (Wildman–Crippen LogP) is 2.16. The number of rotatable bonds is 3. The summed E-state index contributed by atoms with van der Waals surface area (Å²) in [4.78, 5) is 14.1. The quantitative estimate of drug-likeness (QED) is 0.912. The molecule has 0 radical (unpaired) electrons. The lowest BCUT2D eigenvalue weighted by atomic mass is 10.1. The second kappa shape index (κ2) is 5.77. The summed E-state index contributed by atoms with van der Waals surface area (Å²) in [6.07, 6.45) is 2.00. The maximum Gasteiger partial charge on any atom is 0.223 e. The van der Waals surface area contributed by atoms with Crippen LogP contribution in [0.3, 0.4) is 0 Å². The Morgan fingerprint density at radius 3 is 2.90 bits per heavy atom. The highest BCUT2D eigenvalue weighted by Crippen LogP contribution is 2.22. The van der Waals surface area contributed by atoms with E-state index in [1.165, 1.54) is 0 Å². The molecule has 2 heterocycles. The first-order chi connectivity index (χ1) is 10.1. The maximum atomic E-state index is 12.3.